The highest BCUT2D eigenvalue weighted by molar-refractivity contribution is 5.94. The fourth-order valence-corrected chi connectivity index (χ4v) is 1.54. The third-order valence-corrected chi connectivity index (χ3v) is 2.43. The van der Waals surface area contributed by atoms with E-state index in [1.807, 2.05) is 18.2 Å². The van der Waals surface area contributed by atoms with Crippen LogP contribution in [0.1, 0.15) is 11.3 Å². The number of aromatic nitrogens is 2. The molecule has 0 saturated heterocycles. The topological polar surface area (TPSA) is 103 Å². The van der Waals surface area contributed by atoms with Gasteiger partial charge in [0.25, 0.3) is 0 Å². The van der Waals surface area contributed by atoms with Crippen LogP contribution in [0.2, 0.25) is 0 Å². The lowest BCUT2D eigenvalue weighted by Crippen LogP contribution is -2.15. The lowest BCUT2D eigenvalue weighted by molar-refractivity contribution is 0.184. The minimum Gasteiger partial charge on any atom is -0.437 e. The highest BCUT2D eigenvalue weighted by atomic mass is 16.5. The van der Waals surface area contributed by atoms with E-state index < -0.39 is 0 Å². The van der Waals surface area contributed by atoms with E-state index in [0.29, 0.717) is 18.2 Å². The van der Waals surface area contributed by atoms with Gasteiger partial charge in [0.2, 0.25) is 5.88 Å². The first-order valence-corrected chi connectivity index (χ1v) is 5.78. The van der Waals surface area contributed by atoms with Crippen LogP contribution in [0.15, 0.2) is 41.8 Å². The summed E-state index contributed by atoms with van der Waals surface area (Å²) in [5.41, 5.74) is 6.66. The Kier molecular flexibility index (Phi) is 4.46. The predicted octanol–water partition coefficient (Wildman–Crippen LogP) is 1.51. The van der Waals surface area contributed by atoms with Crippen molar-refractivity contribution < 1.29 is 14.7 Å². The first-order chi connectivity index (χ1) is 9.72. The fourth-order valence-electron chi connectivity index (χ4n) is 1.54. The van der Waals surface area contributed by atoms with Crippen LogP contribution in [0.25, 0.3) is 0 Å². The zero-order chi connectivity index (χ0) is 14.4. The molecule has 0 aliphatic carbocycles. The van der Waals surface area contributed by atoms with Gasteiger partial charge in [-0.25, -0.2) is 9.97 Å². The second-order valence-electron chi connectivity index (χ2n) is 3.91. The zero-order valence-corrected chi connectivity index (χ0v) is 10.9. The summed E-state index contributed by atoms with van der Waals surface area (Å²) in [5, 5.41) is 11.4. The molecule has 3 N–H and O–H groups in total. The Bertz CT molecular complexity index is 599. The van der Waals surface area contributed by atoms with Gasteiger partial charge in [-0.05, 0) is 17.7 Å². The summed E-state index contributed by atoms with van der Waals surface area (Å²) in [6, 6.07) is 7.45. The molecule has 0 saturated carbocycles. The number of oxime groups is 1. The van der Waals surface area contributed by atoms with Crippen LogP contribution in [0, 0.1) is 0 Å². The number of benzene rings is 1. The highest BCUT2D eigenvalue weighted by Gasteiger charge is 2.04. The number of rotatable bonds is 5. The minimum atomic E-state index is -0.105. The molecule has 1 aromatic carbocycles. The zero-order valence-electron chi connectivity index (χ0n) is 10.9. The van der Waals surface area contributed by atoms with E-state index in [1.165, 1.54) is 12.4 Å². The molecule has 0 aliphatic rings. The van der Waals surface area contributed by atoms with Crippen LogP contribution in [-0.4, -0.2) is 28.1 Å². The average Bonchev–Trinajstić information content (AvgIpc) is 2.48. The summed E-state index contributed by atoms with van der Waals surface area (Å²) in [7, 11) is 1.63. The van der Waals surface area contributed by atoms with Crippen LogP contribution < -0.4 is 10.5 Å². The minimum absolute atomic E-state index is 0.105. The first kappa shape index (κ1) is 13.8. The quantitative estimate of drug-likeness (QED) is 0.371. The van der Waals surface area contributed by atoms with E-state index in [-0.39, 0.29) is 11.5 Å². The van der Waals surface area contributed by atoms with Crippen LogP contribution in [0.4, 0.5) is 0 Å². The van der Waals surface area contributed by atoms with Crippen molar-refractivity contribution in [1.82, 2.24) is 9.97 Å². The van der Waals surface area contributed by atoms with Gasteiger partial charge in [-0.2, -0.15) is 0 Å². The van der Waals surface area contributed by atoms with E-state index in [2.05, 4.69) is 15.1 Å². The number of nitrogens with two attached hydrogens (primary N) is 1. The molecule has 1 heterocycles. The number of hydrogen-bond acceptors (Lipinski definition) is 6. The third-order valence-electron chi connectivity index (χ3n) is 2.43. The highest BCUT2D eigenvalue weighted by Crippen LogP contribution is 2.20. The van der Waals surface area contributed by atoms with Gasteiger partial charge < -0.3 is 20.4 Å². The van der Waals surface area contributed by atoms with Gasteiger partial charge in [0, 0.05) is 7.11 Å². The van der Waals surface area contributed by atoms with Crippen molar-refractivity contribution in [3.63, 3.8) is 0 Å². The third kappa shape index (κ3) is 3.42. The van der Waals surface area contributed by atoms with Crippen molar-refractivity contribution >= 4 is 5.84 Å². The molecule has 0 radical (unpaired) electrons. The Balaban J connectivity index is 2.12. The standard InChI is InChI=1S/C13H14N4O3/c1-19-8-9-3-2-4-10(5-9)20-12-7-15-11(6-16-12)13(14)17-18/h2-7,18H,8H2,1H3,(H2,14,17). The van der Waals surface area contributed by atoms with Crippen LogP contribution >= 0.6 is 0 Å². The van der Waals surface area contributed by atoms with Gasteiger partial charge >= 0.3 is 0 Å². The van der Waals surface area contributed by atoms with Gasteiger partial charge in [-0.3, -0.25) is 0 Å². The molecule has 2 rings (SSSR count). The SMILES string of the molecule is COCc1cccc(Oc2cnc(C(N)=NO)cn2)c1. The molecule has 0 fully saturated rings. The summed E-state index contributed by atoms with van der Waals surface area (Å²) in [6.07, 6.45) is 2.76. The van der Waals surface area contributed by atoms with E-state index in [4.69, 9.17) is 20.4 Å². The number of ether oxygens (including phenoxy) is 2. The van der Waals surface area contributed by atoms with Crippen molar-refractivity contribution in [2.24, 2.45) is 10.9 Å². The van der Waals surface area contributed by atoms with Crippen LogP contribution in [0.3, 0.4) is 0 Å². The Labute approximate surface area is 115 Å². The first-order valence-electron chi connectivity index (χ1n) is 5.78. The second-order valence-corrected chi connectivity index (χ2v) is 3.91. The molecule has 7 nitrogen and oxygen atoms in total. The smallest absolute Gasteiger partial charge is 0.237 e. The Morgan fingerprint density at radius 1 is 1.35 bits per heavy atom. The van der Waals surface area contributed by atoms with Crippen LogP contribution in [-0.2, 0) is 11.3 Å². The van der Waals surface area contributed by atoms with Gasteiger partial charge in [0.15, 0.2) is 5.84 Å². The molecule has 0 atom stereocenters. The maximum absolute atomic E-state index is 8.53. The number of methoxy groups -OCH3 is 1. The normalized spacial score (nSPS) is 11.3. The van der Waals surface area contributed by atoms with Crippen molar-refractivity contribution in [3.05, 3.63) is 47.9 Å². The van der Waals surface area contributed by atoms with Gasteiger partial charge in [-0.15, -0.1) is 0 Å². The Morgan fingerprint density at radius 2 is 2.20 bits per heavy atom. The maximum atomic E-state index is 8.53. The number of hydrogen-bond donors (Lipinski definition) is 2. The molecule has 7 heteroatoms. The molecule has 104 valence electrons. The van der Waals surface area contributed by atoms with Crippen molar-refractivity contribution in [2.45, 2.75) is 6.61 Å². The average molecular weight is 274 g/mol. The summed E-state index contributed by atoms with van der Waals surface area (Å²) in [6.45, 7) is 0.505. The van der Waals surface area contributed by atoms with E-state index in [1.54, 1.807) is 13.2 Å². The van der Waals surface area contributed by atoms with Crippen molar-refractivity contribution in [3.8, 4) is 11.6 Å². The summed E-state index contributed by atoms with van der Waals surface area (Å²) in [4.78, 5) is 8.01. The van der Waals surface area contributed by atoms with Crippen molar-refractivity contribution in [1.29, 1.82) is 0 Å². The molecule has 0 amide bonds. The molecule has 2 aromatic rings. The molecule has 0 bridgehead atoms. The van der Waals surface area contributed by atoms with E-state index in [0.717, 1.165) is 5.56 Å². The molecule has 0 aliphatic heterocycles. The lowest BCUT2D eigenvalue weighted by Gasteiger charge is -2.06. The van der Waals surface area contributed by atoms with Gasteiger partial charge in [0.05, 0.1) is 19.0 Å². The van der Waals surface area contributed by atoms with E-state index in [9.17, 15) is 0 Å². The Morgan fingerprint density at radius 3 is 2.85 bits per heavy atom. The largest absolute Gasteiger partial charge is 0.437 e. The number of amidine groups is 1. The monoisotopic (exact) mass is 274 g/mol. The Hall–Kier alpha value is -2.67. The summed E-state index contributed by atoms with van der Waals surface area (Å²) in [5.74, 6) is 0.839. The molecular formula is C13H14N4O3. The molecule has 20 heavy (non-hydrogen) atoms. The molecular weight excluding hydrogens is 260 g/mol. The lowest BCUT2D eigenvalue weighted by atomic mass is 10.2. The molecule has 0 unspecified atom stereocenters. The molecule has 1 aromatic heterocycles. The summed E-state index contributed by atoms with van der Waals surface area (Å²) < 4.78 is 10.6. The molecule has 0 spiro atoms. The fraction of sp³-hybridized carbons (Fsp3) is 0.154. The van der Waals surface area contributed by atoms with Gasteiger partial charge in [-0.1, -0.05) is 17.3 Å². The predicted molar refractivity (Wildman–Crippen MR) is 71.8 cm³/mol. The van der Waals surface area contributed by atoms with Crippen LogP contribution in [0.5, 0.6) is 11.6 Å². The number of nitrogens with zero attached hydrogens (tertiary/aromatic N) is 3. The van der Waals surface area contributed by atoms with Crippen molar-refractivity contribution in [2.75, 3.05) is 7.11 Å². The maximum Gasteiger partial charge on any atom is 0.237 e. The van der Waals surface area contributed by atoms with Gasteiger partial charge in [0.1, 0.15) is 11.4 Å². The summed E-state index contributed by atoms with van der Waals surface area (Å²) >= 11 is 0. The second kappa shape index (κ2) is 6.48. The van der Waals surface area contributed by atoms with E-state index >= 15 is 0 Å².